The van der Waals surface area contributed by atoms with Gasteiger partial charge >= 0.3 is 17.9 Å². The zero-order valence-electron chi connectivity index (χ0n) is 46.0. The summed E-state index contributed by atoms with van der Waals surface area (Å²) in [4.78, 5) is 37.9. The van der Waals surface area contributed by atoms with Gasteiger partial charge in [-0.1, -0.05) is 254 Å². The second kappa shape index (κ2) is 58.2. The highest BCUT2D eigenvalue weighted by molar-refractivity contribution is 5.71. The zero-order chi connectivity index (χ0) is 50.7. The number of esters is 3. The predicted octanol–water partition coefficient (Wildman–Crippen LogP) is 19.9. The van der Waals surface area contributed by atoms with Crippen LogP contribution in [-0.2, 0) is 28.6 Å². The van der Waals surface area contributed by atoms with Gasteiger partial charge in [0.2, 0.25) is 0 Å². The lowest BCUT2D eigenvalue weighted by molar-refractivity contribution is -0.167. The van der Waals surface area contributed by atoms with E-state index in [9.17, 15) is 14.4 Å². The first kappa shape index (κ1) is 66.6. The van der Waals surface area contributed by atoms with Gasteiger partial charge in [-0.3, -0.25) is 14.4 Å². The smallest absolute Gasteiger partial charge is 0.306 e. The fourth-order valence-electron chi connectivity index (χ4n) is 8.21. The first-order valence-electron chi connectivity index (χ1n) is 29.6. The Hall–Kier alpha value is -3.41. The molecule has 1 atom stereocenters. The molecule has 0 aromatic carbocycles. The zero-order valence-corrected chi connectivity index (χ0v) is 46.0. The topological polar surface area (TPSA) is 78.9 Å². The standard InChI is InChI=1S/C64H110O6/c1-4-7-10-13-16-18-20-22-24-26-28-29-30-31-32-33-34-35-37-38-40-42-44-46-48-51-54-57-63(66)69-60-61(59-68-62(65)56-53-50-15-12-9-6-3)70-64(67)58-55-52-49-47-45-43-41-39-36-27-25-23-21-19-17-14-11-8-5-2/h7,10,16-19,22-25,28-29,36,39,61H,4-6,8-9,11-15,20-21,26-27,30-35,37-38,40-60H2,1-3H3/b10-7-,18-16-,19-17-,24-22-,25-23-,29-28-,39-36-. The Balaban J connectivity index is 4.11. The lowest BCUT2D eigenvalue weighted by atomic mass is 10.0. The second-order valence-electron chi connectivity index (χ2n) is 19.5. The van der Waals surface area contributed by atoms with Gasteiger partial charge < -0.3 is 14.2 Å². The van der Waals surface area contributed by atoms with Gasteiger partial charge in [-0.2, -0.15) is 0 Å². The second-order valence-corrected chi connectivity index (χ2v) is 19.5. The molecule has 0 aliphatic carbocycles. The van der Waals surface area contributed by atoms with E-state index in [1.165, 1.54) is 135 Å². The van der Waals surface area contributed by atoms with E-state index in [-0.39, 0.29) is 31.1 Å². The quantitative estimate of drug-likeness (QED) is 0.0261. The number of carbonyl (C=O) groups excluding carboxylic acids is 3. The van der Waals surface area contributed by atoms with E-state index in [0.717, 1.165) is 109 Å². The van der Waals surface area contributed by atoms with E-state index in [1.54, 1.807) is 0 Å². The normalized spacial score (nSPS) is 12.7. The highest BCUT2D eigenvalue weighted by Gasteiger charge is 2.19. The van der Waals surface area contributed by atoms with Crippen molar-refractivity contribution in [3.63, 3.8) is 0 Å². The van der Waals surface area contributed by atoms with Crippen LogP contribution in [0.2, 0.25) is 0 Å². The fourth-order valence-corrected chi connectivity index (χ4v) is 8.21. The van der Waals surface area contributed by atoms with E-state index in [2.05, 4.69) is 106 Å². The molecule has 0 rings (SSSR count). The van der Waals surface area contributed by atoms with Crippen LogP contribution in [0.15, 0.2) is 85.1 Å². The molecule has 0 saturated heterocycles. The maximum Gasteiger partial charge on any atom is 0.306 e. The molecular formula is C64H110O6. The van der Waals surface area contributed by atoms with Gasteiger partial charge in [0, 0.05) is 19.3 Å². The van der Waals surface area contributed by atoms with E-state index in [0.29, 0.717) is 19.3 Å². The first-order chi connectivity index (χ1) is 34.5. The molecule has 0 radical (unpaired) electrons. The van der Waals surface area contributed by atoms with Crippen molar-refractivity contribution in [2.45, 2.75) is 290 Å². The Labute approximate surface area is 433 Å². The third kappa shape index (κ3) is 55.5. The Morgan fingerprint density at radius 1 is 0.300 bits per heavy atom. The predicted molar refractivity (Wildman–Crippen MR) is 302 cm³/mol. The van der Waals surface area contributed by atoms with Gasteiger partial charge in [-0.15, -0.1) is 0 Å². The monoisotopic (exact) mass is 975 g/mol. The summed E-state index contributed by atoms with van der Waals surface area (Å²) in [6.07, 6.45) is 76.1. The van der Waals surface area contributed by atoms with Gasteiger partial charge in [-0.05, 0) is 96.3 Å². The van der Waals surface area contributed by atoms with Crippen molar-refractivity contribution in [2.75, 3.05) is 13.2 Å². The van der Waals surface area contributed by atoms with Gasteiger partial charge in [0.25, 0.3) is 0 Å². The Kier molecular flexibility index (Phi) is 55.3. The molecule has 0 aliphatic heterocycles. The minimum absolute atomic E-state index is 0.0805. The van der Waals surface area contributed by atoms with Gasteiger partial charge in [0.15, 0.2) is 6.10 Å². The van der Waals surface area contributed by atoms with Crippen LogP contribution in [0.3, 0.4) is 0 Å². The van der Waals surface area contributed by atoms with E-state index < -0.39 is 6.10 Å². The minimum atomic E-state index is -0.780. The van der Waals surface area contributed by atoms with Crippen LogP contribution in [0, 0.1) is 0 Å². The average Bonchev–Trinajstić information content (AvgIpc) is 3.36. The van der Waals surface area contributed by atoms with E-state index in [1.807, 2.05) is 0 Å². The fraction of sp³-hybridized carbons (Fsp3) is 0.734. The van der Waals surface area contributed by atoms with Gasteiger partial charge in [0.05, 0.1) is 0 Å². The third-order valence-corrected chi connectivity index (χ3v) is 12.6. The summed E-state index contributed by atoms with van der Waals surface area (Å²) in [7, 11) is 0. The van der Waals surface area contributed by atoms with Crippen molar-refractivity contribution in [3.8, 4) is 0 Å². The molecule has 0 fully saturated rings. The molecule has 6 heteroatoms. The summed E-state index contributed by atoms with van der Waals surface area (Å²) in [6.45, 7) is 6.44. The average molecular weight is 976 g/mol. The number of hydrogen-bond acceptors (Lipinski definition) is 6. The number of unbranched alkanes of at least 4 members (excludes halogenated alkanes) is 28. The maximum atomic E-state index is 12.8. The lowest BCUT2D eigenvalue weighted by Gasteiger charge is -2.18. The molecule has 0 amide bonds. The molecule has 0 aromatic rings. The SMILES string of the molecule is CC/C=C\C/C=C\C/C=C\C/C=C\CCCCCCCCCCCCCCCCC(=O)OCC(COC(=O)CCCCCCCC)OC(=O)CCCCCCCC/C=C\C/C=C\C/C=C\CCCCC. The maximum absolute atomic E-state index is 12.8. The summed E-state index contributed by atoms with van der Waals surface area (Å²) in [5.74, 6) is -0.897. The van der Waals surface area contributed by atoms with Crippen molar-refractivity contribution >= 4 is 17.9 Å². The van der Waals surface area contributed by atoms with Crippen LogP contribution in [0.5, 0.6) is 0 Å². The molecule has 0 heterocycles. The van der Waals surface area contributed by atoms with Gasteiger partial charge in [-0.25, -0.2) is 0 Å². The first-order valence-corrected chi connectivity index (χ1v) is 29.6. The molecule has 1 unspecified atom stereocenters. The van der Waals surface area contributed by atoms with E-state index in [4.69, 9.17) is 14.2 Å². The summed E-state index contributed by atoms with van der Waals surface area (Å²) < 4.78 is 16.8. The number of ether oxygens (including phenoxy) is 3. The molecular weight excluding hydrogens is 865 g/mol. The molecule has 0 spiro atoms. The summed E-state index contributed by atoms with van der Waals surface area (Å²) in [5.41, 5.74) is 0. The van der Waals surface area contributed by atoms with Crippen LogP contribution in [0.25, 0.3) is 0 Å². The summed E-state index contributed by atoms with van der Waals surface area (Å²) in [5, 5.41) is 0. The Morgan fingerprint density at radius 2 is 0.557 bits per heavy atom. The summed E-state index contributed by atoms with van der Waals surface area (Å²) >= 11 is 0. The molecule has 0 saturated carbocycles. The van der Waals surface area contributed by atoms with Gasteiger partial charge in [0.1, 0.15) is 13.2 Å². The number of hydrogen-bond donors (Lipinski definition) is 0. The highest BCUT2D eigenvalue weighted by atomic mass is 16.6. The van der Waals surface area contributed by atoms with Crippen LogP contribution >= 0.6 is 0 Å². The van der Waals surface area contributed by atoms with Crippen molar-refractivity contribution in [2.24, 2.45) is 0 Å². The minimum Gasteiger partial charge on any atom is -0.462 e. The van der Waals surface area contributed by atoms with Crippen molar-refractivity contribution < 1.29 is 28.6 Å². The molecule has 0 aromatic heterocycles. The van der Waals surface area contributed by atoms with Crippen molar-refractivity contribution in [1.29, 1.82) is 0 Å². The van der Waals surface area contributed by atoms with Crippen LogP contribution in [0.1, 0.15) is 284 Å². The largest absolute Gasteiger partial charge is 0.462 e. The van der Waals surface area contributed by atoms with Crippen molar-refractivity contribution in [3.05, 3.63) is 85.1 Å². The molecule has 6 nitrogen and oxygen atoms in total. The summed E-state index contributed by atoms with van der Waals surface area (Å²) in [6, 6.07) is 0. The number of carbonyl (C=O) groups is 3. The van der Waals surface area contributed by atoms with Crippen LogP contribution in [-0.4, -0.2) is 37.2 Å². The third-order valence-electron chi connectivity index (χ3n) is 12.6. The number of allylic oxidation sites excluding steroid dienone is 14. The lowest BCUT2D eigenvalue weighted by Crippen LogP contribution is -2.30. The molecule has 70 heavy (non-hydrogen) atoms. The van der Waals surface area contributed by atoms with Crippen LogP contribution in [0.4, 0.5) is 0 Å². The van der Waals surface area contributed by atoms with E-state index >= 15 is 0 Å². The molecule has 0 bridgehead atoms. The Bertz CT molecular complexity index is 1350. The van der Waals surface area contributed by atoms with Crippen LogP contribution < -0.4 is 0 Å². The van der Waals surface area contributed by atoms with Crippen molar-refractivity contribution in [1.82, 2.24) is 0 Å². The number of rotatable bonds is 53. The highest BCUT2D eigenvalue weighted by Crippen LogP contribution is 2.16. The molecule has 0 N–H and O–H groups in total. The Morgan fingerprint density at radius 3 is 0.900 bits per heavy atom. The molecule has 0 aliphatic rings. The molecule has 402 valence electrons.